The molecule has 1 saturated heterocycles. The maximum atomic E-state index is 13.3. The smallest absolute Gasteiger partial charge is 0.227 e. The van der Waals surface area contributed by atoms with Crippen LogP contribution >= 0.6 is 0 Å². The third-order valence-electron chi connectivity index (χ3n) is 3.91. The van der Waals surface area contributed by atoms with Crippen molar-refractivity contribution in [1.29, 1.82) is 0 Å². The van der Waals surface area contributed by atoms with Crippen LogP contribution in [-0.2, 0) is 0 Å². The molecule has 24 heavy (non-hydrogen) atoms. The lowest BCUT2D eigenvalue weighted by Gasteiger charge is -2.28. The SMILES string of the molecule is Cc1cc(OC2CNC2)c2nc(Nc3cccc(F)c3)ncc2c1. The summed E-state index contributed by atoms with van der Waals surface area (Å²) in [4.78, 5) is 8.88. The number of ether oxygens (including phenoxy) is 1. The summed E-state index contributed by atoms with van der Waals surface area (Å²) in [6.45, 7) is 3.70. The molecule has 6 heteroatoms. The highest BCUT2D eigenvalue weighted by atomic mass is 19.1. The van der Waals surface area contributed by atoms with E-state index in [1.54, 1.807) is 18.3 Å². The number of rotatable bonds is 4. The molecule has 0 aliphatic carbocycles. The fourth-order valence-corrected chi connectivity index (χ4v) is 2.63. The molecule has 1 aliphatic rings. The number of benzene rings is 2. The fourth-order valence-electron chi connectivity index (χ4n) is 2.63. The molecule has 0 radical (unpaired) electrons. The Hall–Kier alpha value is -2.73. The van der Waals surface area contributed by atoms with Crippen LogP contribution < -0.4 is 15.4 Å². The molecule has 2 N–H and O–H groups in total. The first-order valence-electron chi connectivity index (χ1n) is 7.85. The number of hydrogen-bond donors (Lipinski definition) is 2. The van der Waals surface area contributed by atoms with Gasteiger partial charge in [0.2, 0.25) is 5.95 Å². The highest BCUT2D eigenvalue weighted by Gasteiger charge is 2.20. The van der Waals surface area contributed by atoms with Crippen LogP contribution in [0.3, 0.4) is 0 Å². The molecular weight excluding hydrogens is 307 g/mol. The zero-order valence-electron chi connectivity index (χ0n) is 13.2. The number of hydrogen-bond acceptors (Lipinski definition) is 5. The first-order chi connectivity index (χ1) is 11.7. The van der Waals surface area contributed by atoms with Crippen molar-refractivity contribution in [3.63, 3.8) is 0 Å². The Morgan fingerprint density at radius 2 is 2.12 bits per heavy atom. The standard InChI is InChI=1S/C18H17FN4O/c1-11-5-12-8-21-18(22-14-4-2-3-13(19)7-14)23-17(12)16(6-11)24-15-9-20-10-15/h2-8,15,20H,9-10H2,1H3,(H,21,22,23). The van der Waals surface area contributed by atoms with Gasteiger partial charge in [0.1, 0.15) is 23.2 Å². The molecule has 1 aromatic heterocycles. The highest BCUT2D eigenvalue weighted by Crippen LogP contribution is 2.28. The van der Waals surface area contributed by atoms with Crippen molar-refractivity contribution in [1.82, 2.24) is 15.3 Å². The van der Waals surface area contributed by atoms with Crippen molar-refractivity contribution in [3.05, 3.63) is 54.0 Å². The summed E-state index contributed by atoms with van der Waals surface area (Å²) in [5.41, 5.74) is 2.45. The van der Waals surface area contributed by atoms with Crippen molar-refractivity contribution < 1.29 is 9.13 Å². The third-order valence-corrected chi connectivity index (χ3v) is 3.91. The minimum absolute atomic E-state index is 0.171. The quantitative estimate of drug-likeness (QED) is 0.772. The van der Waals surface area contributed by atoms with Gasteiger partial charge in [0.15, 0.2) is 0 Å². The lowest BCUT2D eigenvalue weighted by Crippen LogP contribution is -2.50. The van der Waals surface area contributed by atoms with E-state index in [0.717, 1.165) is 35.3 Å². The molecule has 0 spiro atoms. The van der Waals surface area contributed by atoms with Crippen LogP contribution in [0.4, 0.5) is 16.0 Å². The summed E-state index contributed by atoms with van der Waals surface area (Å²) in [5, 5.41) is 7.14. The van der Waals surface area contributed by atoms with Crippen LogP contribution in [0.2, 0.25) is 0 Å². The molecule has 1 aliphatic heterocycles. The second kappa shape index (κ2) is 6.05. The normalized spacial score (nSPS) is 14.4. The first-order valence-corrected chi connectivity index (χ1v) is 7.85. The zero-order valence-corrected chi connectivity index (χ0v) is 13.2. The summed E-state index contributed by atoms with van der Waals surface area (Å²) in [5.74, 6) is 0.854. The average molecular weight is 324 g/mol. The van der Waals surface area contributed by atoms with Gasteiger partial charge in [-0.2, -0.15) is 0 Å². The van der Waals surface area contributed by atoms with Crippen molar-refractivity contribution in [2.24, 2.45) is 0 Å². The van der Waals surface area contributed by atoms with E-state index in [1.165, 1.54) is 12.1 Å². The van der Waals surface area contributed by atoms with Gasteiger partial charge in [0.05, 0.1) is 0 Å². The molecule has 4 rings (SSSR count). The molecule has 1 fully saturated rings. The fraction of sp³-hybridized carbons (Fsp3) is 0.222. The van der Waals surface area contributed by atoms with E-state index >= 15 is 0 Å². The van der Waals surface area contributed by atoms with Crippen molar-refractivity contribution in [2.45, 2.75) is 13.0 Å². The summed E-state index contributed by atoms with van der Waals surface area (Å²) in [6.07, 6.45) is 1.92. The Morgan fingerprint density at radius 1 is 1.25 bits per heavy atom. The number of nitrogens with one attached hydrogen (secondary N) is 2. The van der Waals surface area contributed by atoms with Crippen LogP contribution in [-0.4, -0.2) is 29.2 Å². The average Bonchev–Trinajstić information content (AvgIpc) is 2.51. The topological polar surface area (TPSA) is 59.1 Å². The number of anilines is 2. The van der Waals surface area contributed by atoms with E-state index in [0.29, 0.717) is 11.6 Å². The Kier molecular flexibility index (Phi) is 3.74. The molecule has 0 saturated carbocycles. The van der Waals surface area contributed by atoms with Gasteiger partial charge in [-0.25, -0.2) is 14.4 Å². The number of halogens is 1. The van der Waals surface area contributed by atoms with E-state index in [1.807, 2.05) is 19.1 Å². The highest BCUT2D eigenvalue weighted by molar-refractivity contribution is 5.85. The van der Waals surface area contributed by atoms with E-state index in [2.05, 4.69) is 20.6 Å². The second-order valence-electron chi connectivity index (χ2n) is 5.93. The van der Waals surface area contributed by atoms with Gasteiger partial charge >= 0.3 is 0 Å². The predicted molar refractivity (Wildman–Crippen MR) is 91.2 cm³/mol. The Morgan fingerprint density at radius 3 is 2.88 bits per heavy atom. The van der Waals surface area contributed by atoms with E-state index in [9.17, 15) is 4.39 Å². The lowest BCUT2D eigenvalue weighted by molar-refractivity contribution is 0.144. The van der Waals surface area contributed by atoms with E-state index in [4.69, 9.17) is 4.74 Å². The molecule has 3 aromatic rings. The predicted octanol–water partition coefficient (Wildman–Crippen LogP) is 3.17. The van der Waals surface area contributed by atoms with Gasteiger partial charge in [0.25, 0.3) is 0 Å². The number of aryl methyl sites for hydroxylation is 1. The zero-order chi connectivity index (χ0) is 16.5. The molecule has 0 amide bonds. The van der Waals surface area contributed by atoms with Crippen LogP contribution in [0.15, 0.2) is 42.6 Å². The summed E-state index contributed by atoms with van der Waals surface area (Å²) < 4.78 is 19.3. The molecular formula is C18H17FN4O. The van der Waals surface area contributed by atoms with Gasteiger partial charge < -0.3 is 15.4 Å². The van der Waals surface area contributed by atoms with Crippen LogP contribution in [0.1, 0.15) is 5.56 Å². The van der Waals surface area contributed by atoms with Gasteiger partial charge in [-0.05, 0) is 42.8 Å². The second-order valence-corrected chi connectivity index (χ2v) is 5.93. The first kappa shape index (κ1) is 14.8. The van der Waals surface area contributed by atoms with Gasteiger partial charge in [-0.1, -0.05) is 6.07 Å². The number of nitrogens with zero attached hydrogens (tertiary/aromatic N) is 2. The Balaban J connectivity index is 1.70. The Bertz CT molecular complexity index is 895. The molecule has 2 aromatic carbocycles. The maximum absolute atomic E-state index is 13.3. The van der Waals surface area contributed by atoms with Crippen LogP contribution in [0, 0.1) is 12.7 Å². The van der Waals surface area contributed by atoms with E-state index in [-0.39, 0.29) is 11.9 Å². The monoisotopic (exact) mass is 324 g/mol. The van der Waals surface area contributed by atoms with E-state index < -0.39 is 0 Å². The van der Waals surface area contributed by atoms with Crippen molar-refractivity contribution in [2.75, 3.05) is 18.4 Å². The molecule has 5 nitrogen and oxygen atoms in total. The summed E-state index contributed by atoms with van der Waals surface area (Å²) in [6, 6.07) is 10.2. The third kappa shape index (κ3) is 3.00. The molecule has 0 unspecified atom stereocenters. The summed E-state index contributed by atoms with van der Waals surface area (Å²) >= 11 is 0. The molecule has 2 heterocycles. The van der Waals surface area contributed by atoms with Gasteiger partial charge in [-0.3, -0.25) is 0 Å². The molecule has 0 atom stereocenters. The minimum atomic E-state index is -0.307. The minimum Gasteiger partial charge on any atom is -0.485 e. The van der Waals surface area contributed by atoms with Gasteiger partial charge in [-0.15, -0.1) is 0 Å². The van der Waals surface area contributed by atoms with Crippen LogP contribution in [0.5, 0.6) is 5.75 Å². The molecule has 122 valence electrons. The molecule has 0 bridgehead atoms. The number of aromatic nitrogens is 2. The van der Waals surface area contributed by atoms with Crippen LogP contribution in [0.25, 0.3) is 10.9 Å². The van der Waals surface area contributed by atoms with Crippen molar-refractivity contribution in [3.8, 4) is 5.75 Å². The maximum Gasteiger partial charge on any atom is 0.227 e. The Labute approximate surface area is 138 Å². The summed E-state index contributed by atoms with van der Waals surface area (Å²) in [7, 11) is 0. The van der Waals surface area contributed by atoms with Crippen molar-refractivity contribution >= 4 is 22.5 Å². The largest absolute Gasteiger partial charge is 0.485 e. The van der Waals surface area contributed by atoms with Gasteiger partial charge in [0, 0.05) is 30.4 Å². The number of fused-ring (bicyclic) bond motifs is 1. The lowest BCUT2D eigenvalue weighted by atomic mass is 10.1.